The van der Waals surface area contributed by atoms with E-state index in [1.165, 1.54) is 0 Å². The monoisotopic (exact) mass is 296 g/mol. The van der Waals surface area contributed by atoms with Crippen molar-refractivity contribution < 1.29 is 14.6 Å². The molecule has 3 rings (SSSR count). The molecule has 2 aliphatic heterocycles. The van der Waals surface area contributed by atoms with Crippen molar-refractivity contribution in [2.75, 3.05) is 13.2 Å². The molecule has 2 heterocycles. The Morgan fingerprint density at radius 1 is 1.40 bits per heavy atom. The standard InChI is InChI=1S/C16H21ClO3/c1-2-15-13(4-6-19-15)14(18)9-11-8-12(17)7-10-3-5-20-16(10)11/h7-8,13-15,18H,2-6,9H2,1H3. The first-order valence-electron chi connectivity index (χ1n) is 7.42. The van der Waals surface area contributed by atoms with Gasteiger partial charge in [0.2, 0.25) is 0 Å². The summed E-state index contributed by atoms with van der Waals surface area (Å²) in [6.07, 6.45) is 3.17. The Balaban J connectivity index is 1.78. The largest absolute Gasteiger partial charge is 0.493 e. The van der Waals surface area contributed by atoms with Gasteiger partial charge in [0, 0.05) is 30.4 Å². The highest BCUT2D eigenvalue weighted by Crippen LogP contribution is 2.35. The van der Waals surface area contributed by atoms with Gasteiger partial charge < -0.3 is 14.6 Å². The van der Waals surface area contributed by atoms with Crippen LogP contribution >= 0.6 is 11.6 Å². The van der Waals surface area contributed by atoms with E-state index in [1.807, 2.05) is 12.1 Å². The molecule has 3 atom stereocenters. The molecule has 1 N–H and O–H groups in total. The first kappa shape index (κ1) is 14.2. The van der Waals surface area contributed by atoms with Gasteiger partial charge in [0.15, 0.2) is 0 Å². The fourth-order valence-corrected chi connectivity index (χ4v) is 3.66. The van der Waals surface area contributed by atoms with Gasteiger partial charge in [-0.3, -0.25) is 0 Å². The Morgan fingerprint density at radius 3 is 3.05 bits per heavy atom. The van der Waals surface area contributed by atoms with Crippen molar-refractivity contribution in [1.82, 2.24) is 0 Å². The van der Waals surface area contributed by atoms with Gasteiger partial charge in [-0.1, -0.05) is 18.5 Å². The van der Waals surface area contributed by atoms with Gasteiger partial charge in [-0.15, -0.1) is 0 Å². The molecular weight excluding hydrogens is 276 g/mol. The molecule has 1 saturated heterocycles. The zero-order valence-electron chi connectivity index (χ0n) is 11.8. The molecule has 3 nitrogen and oxygen atoms in total. The number of aliphatic hydroxyl groups excluding tert-OH is 1. The summed E-state index contributed by atoms with van der Waals surface area (Å²) in [5.74, 6) is 1.15. The van der Waals surface area contributed by atoms with Crippen LogP contribution in [0.3, 0.4) is 0 Å². The topological polar surface area (TPSA) is 38.7 Å². The van der Waals surface area contributed by atoms with Crippen LogP contribution in [-0.4, -0.2) is 30.5 Å². The SMILES string of the molecule is CCC1OCCC1C(O)Cc1cc(Cl)cc2c1OCC2. The Kier molecular flexibility index (Phi) is 4.20. The maximum Gasteiger partial charge on any atom is 0.126 e. The Labute approximate surface area is 124 Å². The second-order valence-electron chi connectivity index (χ2n) is 5.69. The number of benzene rings is 1. The molecule has 0 radical (unpaired) electrons. The van der Waals surface area contributed by atoms with Gasteiger partial charge in [0.25, 0.3) is 0 Å². The third-order valence-corrected chi connectivity index (χ3v) is 4.63. The lowest BCUT2D eigenvalue weighted by molar-refractivity contribution is 0.0315. The van der Waals surface area contributed by atoms with Crippen LogP contribution in [0.1, 0.15) is 30.9 Å². The lowest BCUT2D eigenvalue weighted by Crippen LogP contribution is -2.29. The van der Waals surface area contributed by atoms with Crippen LogP contribution in [0.4, 0.5) is 0 Å². The average molecular weight is 297 g/mol. The smallest absolute Gasteiger partial charge is 0.126 e. The van der Waals surface area contributed by atoms with Gasteiger partial charge in [0.1, 0.15) is 5.75 Å². The summed E-state index contributed by atoms with van der Waals surface area (Å²) in [6, 6.07) is 3.89. The molecule has 20 heavy (non-hydrogen) atoms. The van der Waals surface area contributed by atoms with Gasteiger partial charge in [-0.05, 0) is 36.1 Å². The van der Waals surface area contributed by atoms with E-state index in [1.54, 1.807) is 0 Å². The van der Waals surface area contributed by atoms with Crippen molar-refractivity contribution in [3.63, 3.8) is 0 Å². The molecule has 3 unspecified atom stereocenters. The molecule has 0 aliphatic carbocycles. The minimum Gasteiger partial charge on any atom is -0.493 e. The number of fused-ring (bicyclic) bond motifs is 1. The van der Waals surface area contributed by atoms with Gasteiger partial charge in [-0.25, -0.2) is 0 Å². The summed E-state index contributed by atoms with van der Waals surface area (Å²) >= 11 is 6.17. The van der Waals surface area contributed by atoms with Gasteiger partial charge in [-0.2, -0.15) is 0 Å². The molecule has 1 fully saturated rings. The van der Waals surface area contributed by atoms with Crippen molar-refractivity contribution >= 4 is 11.6 Å². The zero-order valence-corrected chi connectivity index (χ0v) is 12.5. The number of halogens is 1. The van der Waals surface area contributed by atoms with E-state index in [0.717, 1.165) is 47.8 Å². The lowest BCUT2D eigenvalue weighted by atomic mass is 9.89. The van der Waals surface area contributed by atoms with Crippen LogP contribution in [-0.2, 0) is 17.6 Å². The quantitative estimate of drug-likeness (QED) is 0.928. The van der Waals surface area contributed by atoms with Crippen LogP contribution in [0.25, 0.3) is 0 Å². The van der Waals surface area contributed by atoms with E-state index in [2.05, 4.69) is 6.92 Å². The number of rotatable bonds is 4. The molecule has 0 bridgehead atoms. The van der Waals surface area contributed by atoms with Crippen molar-refractivity contribution in [3.8, 4) is 5.75 Å². The van der Waals surface area contributed by atoms with Crippen LogP contribution in [0.5, 0.6) is 5.75 Å². The first-order valence-corrected chi connectivity index (χ1v) is 7.80. The summed E-state index contributed by atoms with van der Waals surface area (Å²) in [4.78, 5) is 0. The van der Waals surface area contributed by atoms with Crippen molar-refractivity contribution in [3.05, 3.63) is 28.3 Å². The van der Waals surface area contributed by atoms with E-state index in [9.17, 15) is 5.11 Å². The maximum atomic E-state index is 10.5. The fourth-order valence-electron chi connectivity index (χ4n) is 3.40. The third-order valence-electron chi connectivity index (χ3n) is 4.41. The summed E-state index contributed by atoms with van der Waals surface area (Å²) in [7, 11) is 0. The molecule has 0 amide bonds. The molecule has 1 aromatic rings. The van der Waals surface area contributed by atoms with Crippen molar-refractivity contribution in [2.45, 2.75) is 44.8 Å². The second kappa shape index (κ2) is 5.92. The molecule has 1 aromatic carbocycles. The van der Waals surface area contributed by atoms with Crippen LogP contribution in [0, 0.1) is 5.92 Å². The first-order chi connectivity index (χ1) is 9.69. The third kappa shape index (κ3) is 2.67. The van der Waals surface area contributed by atoms with E-state index >= 15 is 0 Å². The maximum absolute atomic E-state index is 10.5. The zero-order chi connectivity index (χ0) is 14.1. The number of hydrogen-bond donors (Lipinski definition) is 1. The summed E-state index contributed by atoms with van der Waals surface area (Å²) in [6.45, 7) is 3.57. The lowest BCUT2D eigenvalue weighted by Gasteiger charge is -2.23. The predicted molar refractivity (Wildman–Crippen MR) is 78.5 cm³/mol. The van der Waals surface area contributed by atoms with E-state index in [4.69, 9.17) is 21.1 Å². The molecule has 0 spiro atoms. The fraction of sp³-hybridized carbons (Fsp3) is 0.625. The van der Waals surface area contributed by atoms with Crippen LogP contribution in [0.15, 0.2) is 12.1 Å². The minimum absolute atomic E-state index is 0.179. The van der Waals surface area contributed by atoms with Crippen LogP contribution < -0.4 is 4.74 Å². The molecule has 0 saturated carbocycles. The van der Waals surface area contributed by atoms with E-state index in [0.29, 0.717) is 13.0 Å². The summed E-state index contributed by atoms with van der Waals surface area (Å²) < 4.78 is 11.4. The number of aliphatic hydroxyl groups is 1. The Hall–Kier alpha value is -0.770. The Morgan fingerprint density at radius 2 is 2.25 bits per heavy atom. The highest BCUT2D eigenvalue weighted by Gasteiger charge is 2.33. The number of hydrogen-bond acceptors (Lipinski definition) is 3. The van der Waals surface area contributed by atoms with E-state index in [-0.39, 0.29) is 12.0 Å². The van der Waals surface area contributed by atoms with Gasteiger partial charge >= 0.3 is 0 Å². The number of ether oxygens (including phenoxy) is 2. The molecule has 4 heteroatoms. The molecular formula is C16H21ClO3. The predicted octanol–water partition coefficient (Wildman–Crippen LogP) is 2.99. The van der Waals surface area contributed by atoms with Crippen molar-refractivity contribution in [2.24, 2.45) is 5.92 Å². The minimum atomic E-state index is -0.394. The van der Waals surface area contributed by atoms with Crippen molar-refractivity contribution in [1.29, 1.82) is 0 Å². The molecule has 0 aromatic heterocycles. The molecule has 110 valence electrons. The normalized spacial score (nSPS) is 26.4. The second-order valence-corrected chi connectivity index (χ2v) is 6.13. The van der Waals surface area contributed by atoms with Crippen LogP contribution in [0.2, 0.25) is 5.02 Å². The highest BCUT2D eigenvalue weighted by atomic mass is 35.5. The average Bonchev–Trinajstić information content (AvgIpc) is 3.06. The highest BCUT2D eigenvalue weighted by molar-refractivity contribution is 6.30. The summed E-state index contributed by atoms with van der Waals surface area (Å²) in [5.41, 5.74) is 2.19. The molecule has 2 aliphatic rings. The summed E-state index contributed by atoms with van der Waals surface area (Å²) in [5, 5.41) is 11.3. The van der Waals surface area contributed by atoms with Gasteiger partial charge in [0.05, 0.1) is 18.8 Å². The van der Waals surface area contributed by atoms with E-state index < -0.39 is 6.10 Å². The Bertz CT molecular complexity index is 489.